The van der Waals surface area contributed by atoms with E-state index in [9.17, 15) is 0 Å². The molecular weight excluding hydrogens is 934 g/mol. The van der Waals surface area contributed by atoms with Crippen LogP contribution in [0.4, 0.5) is 45.5 Å². The van der Waals surface area contributed by atoms with Crippen LogP contribution in [0.3, 0.4) is 0 Å². The monoisotopic (exact) mass is 1010 g/mol. The van der Waals surface area contributed by atoms with Crippen LogP contribution in [0.15, 0.2) is 115 Å². The third-order valence-electron chi connectivity index (χ3n) is 21.2. The topological polar surface area (TPSA) is 19.0 Å². The Hall–Kier alpha value is -6.20. The van der Waals surface area contributed by atoms with Crippen LogP contribution in [0.1, 0.15) is 185 Å². The van der Waals surface area contributed by atoms with Gasteiger partial charge >= 0.3 is 0 Å². The summed E-state index contributed by atoms with van der Waals surface area (Å²) in [5.41, 5.74) is 29.6. The normalized spacial score (nSPS) is 23.1. The van der Waals surface area contributed by atoms with Crippen molar-refractivity contribution in [3.05, 3.63) is 165 Å². The molecule has 1 saturated carbocycles. The van der Waals surface area contributed by atoms with Crippen molar-refractivity contribution in [1.82, 2.24) is 0 Å². The Morgan fingerprint density at radius 3 is 1.84 bits per heavy atom. The molecule has 77 heavy (non-hydrogen) atoms. The lowest BCUT2D eigenvalue weighted by molar-refractivity contribution is 0.195. The maximum atomic E-state index is 7.02. The van der Waals surface area contributed by atoms with E-state index in [1.807, 2.05) is 0 Å². The van der Waals surface area contributed by atoms with Gasteiger partial charge in [0.15, 0.2) is 5.75 Å². The van der Waals surface area contributed by atoms with Gasteiger partial charge in [0.1, 0.15) is 6.61 Å². The molecule has 2 atom stereocenters. The molecule has 7 aromatic rings. The van der Waals surface area contributed by atoms with E-state index in [2.05, 4.69) is 234 Å². The Morgan fingerprint density at radius 2 is 1.12 bits per heavy atom. The summed E-state index contributed by atoms with van der Waals surface area (Å²) in [7, 11) is 0. The summed E-state index contributed by atoms with van der Waals surface area (Å²) < 4.78 is 7.02. The fourth-order valence-electron chi connectivity index (χ4n) is 16.9. The average molecular weight is 1010 g/mol. The van der Waals surface area contributed by atoms with E-state index in [4.69, 9.17) is 4.74 Å². The van der Waals surface area contributed by atoms with Gasteiger partial charge in [-0.15, -0.1) is 0 Å². The highest BCUT2D eigenvalue weighted by Crippen LogP contribution is 2.62. The van der Waals surface area contributed by atoms with Gasteiger partial charge in [-0.2, -0.15) is 0 Å². The van der Waals surface area contributed by atoms with Crippen molar-refractivity contribution in [2.24, 2.45) is 0 Å². The number of anilines is 8. The third-order valence-corrected chi connectivity index (χ3v) is 21.2. The summed E-state index contributed by atoms with van der Waals surface area (Å²) in [4.78, 5) is 8.19. The molecule has 0 spiro atoms. The van der Waals surface area contributed by atoms with Gasteiger partial charge in [0.25, 0.3) is 6.71 Å². The Kier molecular flexibility index (Phi) is 10.1. The Bertz CT molecular complexity index is 3720. The van der Waals surface area contributed by atoms with E-state index in [1.165, 1.54) is 138 Å². The zero-order valence-corrected chi connectivity index (χ0v) is 49.0. The fraction of sp³-hybridized carbons (Fsp3) is 0.417. The standard InChI is InChI=1S/C72H80BN3O/c1-43-33-62-64-63(34-43)75(59-39-52-50(35-44(59)2)67(6,7)31-32-68(52,8)9)60-37-47(76-57-28-25-46(66(3,4)5)36-54(57)71(14)29-18-19-30-72(71,76)15)26-27-55(60)73(64)56-38-51-53(70(12,13)42-69(51,10)11)40-61(56)74(62)58-24-20-23-49-48-22-17-16-21-45(48)41-77-65(49)58/h16-17,20-28,33-40H,18-19,29-32,41-42H2,1-15H3. The maximum absolute atomic E-state index is 7.02. The highest BCUT2D eigenvalue weighted by molar-refractivity contribution is 7.00. The molecule has 0 N–H and O–H groups in total. The molecule has 0 radical (unpaired) electrons. The van der Waals surface area contributed by atoms with Crippen LogP contribution >= 0.6 is 0 Å². The molecule has 7 aliphatic rings. The first-order chi connectivity index (χ1) is 36.3. The SMILES string of the molecule is Cc1cc2c3c(c1)N(c1cccc4c1OCc1ccccc1-4)c1cc4c(cc1B3c1ccc(N3c5ccc(C(C)(C)C)cc5C5(C)CCCCC35C)cc1N2c1cc2c(cc1C)C(C)(C)CCC2(C)C)C(C)(C)CC4(C)C. The Labute approximate surface area is 461 Å². The van der Waals surface area contributed by atoms with Gasteiger partial charge in [-0.1, -0.05) is 163 Å². The predicted octanol–water partition coefficient (Wildman–Crippen LogP) is 17.3. The molecule has 0 saturated heterocycles. The Balaban J connectivity index is 1.08. The summed E-state index contributed by atoms with van der Waals surface area (Å²) in [5, 5.41) is 0. The molecule has 0 bridgehead atoms. The van der Waals surface area contributed by atoms with Crippen molar-refractivity contribution in [2.45, 2.75) is 193 Å². The van der Waals surface area contributed by atoms with Crippen LogP contribution in [0.25, 0.3) is 11.1 Å². The van der Waals surface area contributed by atoms with Gasteiger partial charge in [-0.25, -0.2) is 0 Å². The largest absolute Gasteiger partial charge is 0.486 e. The molecule has 0 amide bonds. The van der Waals surface area contributed by atoms with Crippen LogP contribution in [0.5, 0.6) is 5.75 Å². The van der Waals surface area contributed by atoms with Crippen LogP contribution in [0.2, 0.25) is 0 Å². The number of hydrogen-bond donors (Lipinski definition) is 0. The van der Waals surface area contributed by atoms with Gasteiger partial charge in [-0.05, 0) is 201 Å². The minimum absolute atomic E-state index is 0.00894. The number of hydrogen-bond acceptors (Lipinski definition) is 4. The van der Waals surface area contributed by atoms with E-state index in [0.717, 1.165) is 36.3 Å². The molecular formula is C72H80BN3O. The lowest BCUT2D eigenvalue weighted by atomic mass is 9.33. The first-order valence-electron chi connectivity index (χ1n) is 29.4. The number of benzene rings is 7. The first-order valence-corrected chi connectivity index (χ1v) is 29.4. The number of rotatable bonds is 3. The summed E-state index contributed by atoms with van der Waals surface area (Å²) in [5.74, 6) is 0.961. The molecule has 14 rings (SSSR count). The molecule has 4 heterocycles. The smallest absolute Gasteiger partial charge is 0.252 e. The number of para-hydroxylation sites is 1. The molecule has 392 valence electrons. The second-order valence-corrected chi connectivity index (χ2v) is 29.1. The quantitative estimate of drug-likeness (QED) is 0.164. The van der Waals surface area contributed by atoms with Crippen LogP contribution in [-0.4, -0.2) is 12.3 Å². The van der Waals surface area contributed by atoms with Gasteiger partial charge in [0.2, 0.25) is 0 Å². The predicted molar refractivity (Wildman–Crippen MR) is 327 cm³/mol. The molecule has 3 aliphatic carbocycles. The average Bonchev–Trinajstić information content (AvgIpc) is 3.52. The first kappa shape index (κ1) is 49.1. The molecule has 4 nitrogen and oxygen atoms in total. The second kappa shape index (κ2) is 15.8. The molecule has 1 fully saturated rings. The van der Waals surface area contributed by atoms with Crippen LogP contribution in [0, 0.1) is 13.8 Å². The number of fused-ring (bicyclic) bond motifs is 12. The molecule has 0 aromatic heterocycles. The van der Waals surface area contributed by atoms with E-state index < -0.39 is 0 Å². The number of aryl methyl sites for hydroxylation is 2. The minimum Gasteiger partial charge on any atom is -0.486 e. The zero-order valence-electron chi connectivity index (χ0n) is 49.0. The fourth-order valence-corrected chi connectivity index (χ4v) is 16.9. The van der Waals surface area contributed by atoms with E-state index in [-0.39, 0.29) is 44.7 Å². The van der Waals surface area contributed by atoms with E-state index in [1.54, 1.807) is 0 Å². The Morgan fingerprint density at radius 1 is 0.494 bits per heavy atom. The highest BCUT2D eigenvalue weighted by atomic mass is 16.5. The molecule has 7 aromatic carbocycles. The van der Waals surface area contributed by atoms with Crippen molar-refractivity contribution in [3.8, 4) is 16.9 Å². The van der Waals surface area contributed by atoms with Crippen molar-refractivity contribution >= 4 is 68.6 Å². The van der Waals surface area contributed by atoms with Gasteiger partial charge in [0.05, 0.1) is 11.2 Å². The summed E-state index contributed by atoms with van der Waals surface area (Å²) in [6, 6.07) is 46.5. The molecule has 5 heteroatoms. The number of ether oxygens (including phenoxy) is 1. The molecule has 2 unspecified atom stereocenters. The van der Waals surface area contributed by atoms with Crippen molar-refractivity contribution < 1.29 is 4.74 Å². The van der Waals surface area contributed by atoms with Crippen molar-refractivity contribution in [1.29, 1.82) is 0 Å². The van der Waals surface area contributed by atoms with Gasteiger partial charge in [0, 0.05) is 50.8 Å². The van der Waals surface area contributed by atoms with Gasteiger partial charge in [-0.3, -0.25) is 0 Å². The zero-order chi connectivity index (χ0) is 53.9. The summed E-state index contributed by atoms with van der Waals surface area (Å²) in [6.45, 7) is 37.4. The summed E-state index contributed by atoms with van der Waals surface area (Å²) >= 11 is 0. The highest BCUT2D eigenvalue weighted by Gasteiger charge is 2.58. The van der Waals surface area contributed by atoms with Crippen molar-refractivity contribution in [3.63, 3.8) is 0 Å². The second-order valence-electron chi connectivity index (χ2n) is 29.1. The maximum Gasteiger partial charge on any atom is 0.252 e. The number of nitrogens with zero attached hydrogens (tertiary/aromatic N) is 3. The lowest BCUT2D eigenvalue weighted by Crippen LogP contribution is -2.61. The third kappa shape index (κ3) is 6.70. The summed E-state index contributed by atoms with van der Waals surface area (Å²) in [6.07, 6.45) is 8.32. The van der Waals surface area contributed by atoms with Crippen LogP contribution < -0.4 is 35.8 Å². The van der Waals surface area contributed by atoms with Crippen LogP contribution in [-0.2, 0) is 39.1 Å². The van der Waals surface area contributed by atoms with E-state index >= 15 is 0 Å². The molecule has 4 aliphatic heterocycles. The van der Waals surface area contributed by atoms with Gasteiger partial charge < -0.3 is 19.4 Å². The van der Waals surface area contributed by atoms with Crippen molar-refractivity contribution in [2.75, 3.05) is 14.7 Å². The minimum atomic E-state index is -0.0921. The lowest BCUT2D eigenvalue weighted by Gasteiger charge is -2.51. The van der Waals surface area contributed by atoms with E-state index in [0.29, 0.717) is 6.61 Å².